The Bertz CT molecular complexity index is 523. The molecule has 0 radical (unpaired) electrons. The summed E-state index contributed by atoms with van der Waals surface area (Å²) >= 11 is 0. The fourth-order valence-corrected chi connectivity index (χ4v) is 2.32. The number of nitrogens with zero attached hydrogens (tertiary/aromatic N) is 1. The SMILES string of the molecule is Cc1ccc(C)c(C(CCc2ccncc2)NN)c1. The highest BCUT2D eigenvalue weighted by atomic mass is 15.2. The number of pyridine rings is 1. The van der Waals surface area contributed by atoms with Crippen LogP contribution in [0.4, 0.5) is 0 Å². The van der Waals surface area contributed by atoms with Crippen molar-refractivity contribution >= 4 is 0 Å². The van der Waals surface area contributed by atoms with E-state index in [0.717, 1.165) is 12.8 Å². The molecule has 0 aliphatic heterocycles. The third kappa shape index (κ3) is 3.63. The van der Waals surface area contributed by atoms with Gasteiger partial charge in [0, 0.05) is 18.4 Å². The Kier molecular flexibility index (Phi) is 4.66. The lowest BCUT2D eigenvalue weighted by molar-refractivity contribution is 0.514. The molecule has 0 bridgehead atoms. The van der Waals surface area contributed by atoms with E-state index in [9.17, 15) is 0 Å². The zero-order chi connectivity index (χ0) is 13.7. The summed E-state index contributed by atoms with van der Waals surface area (Å²) in [4.78, 5) is 4.04. The van der Waals surface area contributed by atoms with Crippen LogP contribution in [0.2, 0.25) is 0 Å². The molecular formula is C16H21N3. The summed E-state index contributed by atoms with van der Waals surface area (Å²) in [6.45, 7) is 4.24. The van der Waals surface area contributed by atoms with Gasteiger partial charge in [-0.2, -0.15) is 0 Å². The first-order valence-corrected chi connectivity index (χ1v) is 6.63. The van der Waals surface area contributed by atoms with E-state index in [-0.39, 0.29) is 6.04 Å². The molecule has 1 heterocycles. The van der Waals surface area contributed by atoms with Gasteiger partial charge in [-0.15, -0.1) is 0 Å². The lowest BCUT2D eigenvalue weighted by Crippen LogP contribution is -2.29. The van der Waals surface area contributed by atoms with Crippen LogP contribution < -0.4 is 11.3 Å². The van der Waals surface area contributed by atoms with Gasteiger partial charge >= 0.3 is 0 Å². The molecule has 19 heavy (non-hydrogen) atoms. The molecule has 0 fully saturated rings. The number of aromatic nitrogens is 1. The minimum atomic E-state index is 0.188. The van der Waals surface area contributed by atoms with Gasteiger partial charge in [-0.25, -0.2) is 0 Å². The van der Waals surface area contributed by atoms with Crippen molar-refractivity contribution in [2.75, 3.05) is 0 Å². The molecule has 1 aromatic heterocycles. The normalized spacial score (nSPS) is 12.4. The molecule has 0 saturated heterocycles. The Morgan fingerprint density at radius 2 is 1.89 bits per heavy atom. The van der Waals surface area contributed by atoms with Crippen LogP contribution in [0, 0.1) is 13.8 Å². The first-order valence-electron chi connectivity index (χ1n) is 6.63. The smallest absolute Gasteiger partial charge is 0.0465 e. The average Bonchev–Trinajstić information content (AvgIpc) is 2.44. The van der Waals surface area contributed by atoms with Crippen molar-refractivity contribution < 1.29 is 0 Å². The maximum atomic E-state index is 5.73. The Morgan fingerprint density at radius 1 is 1.16 bits per heavy atom. The third-order valence-electron chi connectivity index (χ3n) is 3.48. The van der Waals surface area contributed by atoms with Crippen molar-refractivity contribution in [2.24, 2.45) is 5.84 Å². The quantitative estimate of drug-likeness (QED) is 0.638. The van der Waals surface area contributed by atoms with E-state index >= 15 is 0 Å². The number of benzene rings is 1. The van der Waals surface area contributed by atoms with Crippen LogP contribution in [-0.2, 0) is 6.42 Å². The Balaban J connectivity index is 2.10. The number of nitrogens with one attached hydrogen (secondary N) is 1. The fraction of sp³-hybridized carbons (Fsp3) is 0.312. The van der Waals surface area contributed by atoms with Gasteiger partial charge in [0.05, 0.1) is 0 Å². The van der Waals surface area contributed by atoms with Crippen LogP contribution >= 0.6 is 0 Å². The van der Waals surface area contributed by atoms with Crippen LogP contribution in [0.5, 0.6) is 0 Å². The summed E-state index contributed by atoms with van der Waals surface area (Å²) in [7, 11) is 0. The number of nitrogens with two attached hydrogens (primary N) is 1. The van der Waals surface area contributed by atoms with Crippen LogP contribution in [-0.4, -0.2) is 4.98 Å². The molecule has 1 aromatic carbocycles. The highest BCUT2D eigenvalue weighted by Crippen LogP contribution is 2.23. The summed E-state index contributed by atoms with van der Waals surface area (Å²) in [5, 5.41) is 0. The van der Waals surface area contributed by atoms with E-state index in [2.05, 4.69) is 54.6 Å². The molecule has 0 amide bonds. The number of hydrazine groups is 1. The van der Waals surface area contributed by atoms with Gasteiger partial charge in [-0.1, -0.05) is 23.8 Å². The lowest BCUT2D eigenvalue weighted by atomic mass is 9.95. The van der Waals surface area contributed by atoms with Crippen LogP contribution in [0.1, 0.15) is 34.7 Å². The van der Waals surface area contributed by atoms with Gasteiger partial charge in [0.15, 0.2) is 0 Å². The summed E-state index contributed by atoms with van der Waals surface area (Å²) in [5.74, 6) is 5.73. The molecule has 0 saturated carbocycles. The predicted molar refractivity (Wildman–Crippen MR) is 78.5 cm³/mol. The van der Waals surface area contributed by atoms with Crippen molar-refractivity contribution in [3.8, 4) is 0 Å². The van der Waals surface area contributed by atoms with Crippen molar-refractivity contribution in [3.05, 3.63) is 65.0 Å². The molecular weight excluding hydrogens is 234 g/mol. The summed E-state index contributed by atoms with van der Waals surface area (Å²) in [6, 6.07) is 10.8. The Morgan fingerprint density at radius 3 is 2.58 bits per heavy atom. The van der Waals surface area contributed by atoms with E-state index < -0.39 is 0 Å². The van der Waals surface area contributed by atoms with E-state index in [1.807, 2.05) is 12.4 Å². The molecule has 2 aromatic rings. The molecule has 3 N–H and O–H groups in total. The summed E-state index contributed by atoms with van der Waals surface area (Å²) in [6.07, 6.45) is 5.63. The van der Waals surface area contributed by atoms with Crippen molar-refractivity contribution in [1.82, 2.24) is 10.4 Å². The first kappa shape index (κ1) is 13.7. The second-order valence-electron chi connectivity index (χ2n) is 4.97. The van der Waals surface area contributed by atoms with E-state index in [1.165, 1.54) is 22.3 Å². The monoisotopic (exact) mass is 255 g/mol. The number of rotatable bonds is 5. The topological polar surface area (TPSA) is 50.9 Å². The van der Waals surface area contributed by atoms with E-state index in [1.54, 1.807) is 0 Å². The van der Waals surface area contributed by atoms with Gasteiger partial charge in [0.25, 0.3) is 0 Å². The summed E-state index contributed by atoms with van der Waals surface area (Å²) in [5.41, 5.74) is 8.07. The maximum Gasteiger partial charge on any atom is 0.0465 e. The molecule has 100 valence electrons. The zero-order valence-electron chi connectivity index (χ0n) is 11.6. The minimum Gasteiger partial charge on any atom is -0.271 e. The Hall–Kier alpha value is -1.71. The van der Waals surface area contributed by atoms with Crippen molar-refractivity contribution in [2.45, 2.75) is 32.7 Å². The molecule has 3 nitrogen and oxygen atoms in total. The van der Waals surface area contributed by atoms with Crippen molar-refractivity contribution in [3.63, 3.8) is 0 Å². The van der Waals surface area contributed by atoms with E-state index in [4.69, 9.17) is 5.84 Å². The predicted octanol–water partition coefficient (Wildman–Crippen LogP) is 2.84. The second kappa shape index (κ2) is 6.45. The third-order valence-corrected chi connectivity index (χ3v) is 3.48. The highest BCUT2D eigenvalue weighted by molar-refractivity contribution is 5.33. The van der Waals surface area contributed by atoms with Crippen LogP contribution in [0.3, 0.4) is 0 Å². The largest absolute Gasteiger partial charge is 0.271 e. The zero-order valence-corrected chi connectivity index (χ0v) is 11.6. The Labute approximate surface area is 114 Å². The number of hydrogen-bond acceptors (Lipinski definition) is 3. The van der Waals surface area contributed by atoms with Crippen LogP contribution in [0.15, 0.2) is 42.7 Å². The van der Waals surface area contributed by atoms with Gasteiger partial charge in [-0.05, 0) is 55.5 Å². The van der Waals surface area contributed by atoms with Gasteiger partial charge < -0.3 is 0 Å². The van der Waals surface area contributed by atoms with E-state index in [0.29, 0.717) is 0 Å². The maximum absolute atomic E-state index is 5.73. The first-order chi connectivity index (χ1) is 9.20. The van der Waals surface area contributed by atoms with Crippen molar-refractivity contribution in [1.29, 1.82) is 0 Å². The summed E-state index contributed by atoms with van der Waals surface area (Å²) < 4.78 is 0. The molecule has 1 atom stereocenters. The molecule has 0 aliphatic rings. The fourth-order valence-electron chi connectivity index (χ4n) is 2.32. The molecule has 3 heteroatoms. The average molecular weight is 255 g/mol. The highest BCUT2D eigenvalue weighted by Gasteiger charge is 2.12. The standard InChI is InChI=1S/C16H21N3/c1-12-3-4-13(2)15(11-12)16(19-17)6-5-14-7-9-18-10-8-14/h3-4,7-11,16,19H,5-6,17H2,1-2H3. The molecule has 1 unspecified atom stereocenters. The number of aryl methyl sites for hydroxylation is 3. The lowest BCUT2D eigenvalue weighted by Gasteiger charge is -2.19. The second-order valence-corrected chi connectivity index (χ2v) is 4.97. The molecule has 2 rings (SSSR count). The molecule has 0 spiro atoms. The van der Waals surface area contributed by atoms with Gasteiger partial charge in [0.1, 0.15) is 0 Å². The van der Waals surface area contributed by atoms with Crippen LogP contribution in [0.25, 0.3) is 0 Å². The molecule has 0 aliphatic carbocycles. The van der Waals surface area contributed by atoms with Gasteiger partial charge in [-0.3, -0.25) is 16.3 Å². The number of hydrogen-bond donors (Lipinski definition) is 2. The van der Waals surface area contributed by atoms with Gasteiger partial charge in [0.2, 0.25) is 0 Å². The minimum absolute atomic E-state index is 0.188.